The van der Waals surface area contributed by atoms with Crippen LogP contribution in [0, 0.1) is 0 Å². The van der Waals surface area contributed by atoms with E-state index in [0.29, 0.717) is 10.6 Å². The summed E-state index contributed by atoms with van der Waals surface area (Å²) in [5, 5.41) is 3.60. The Balaban J connectivity index is 1.35. The van der Waals surface area contributed by atoms with Crippen molar-refractivity contribution in [2.45, 2.75) is 30.3 Å². The predicted octanol–water partition coefficient (Wildman–Crippen LogP) is 0.890. The molecule has 2 aromatic carbocycles. The maximum atomic E-state index is 13.1. The molecule has 1 N–H and O–H groups in total. The van der Waals surface area contributed by atoms with E-state index in [1.807, 2.05) is 12.1 Å². The maximum absolute atomic E-state index is 13.1. The van der Waals surface area contributed by atoms with E-state index in [4.69, 9.17) is 4.28 Å². The van der Waals surface area contributed by atoms with Gasteiger partial charge < -0.3 is 15.1 Å². The van der Waals surface area contributed by atoms with Gasteiger partial charge in [0, 0.05) is 50.4 Å². The van der Waals surface area contributed by atoms with Crippen LogP contribution >= 0.6 is 0 Å². The molecule has 0 unspecified atom stereocenters. The van der Waals surface area contributed by atoms with Crippen molar-refractivity contribution in [1.82, 2.24) is 15.3 Å². The molecule has 2 aromatic rings. The molecule has 0 radical (unpaired) electrons. The molecular weight excluding hydrogens is 460 g/mol. The molecular formula is C23H24N4O6S. The maximum Gasteiger partial charge on any atom is 0.318 e. The number of benzene rings is 2. The highest BCUT2D eigenvalue weighted by Gasteiger charge is 2.45. The molecule has 1 atom stereocenters. The van der Waals surface area contributed by atoms with Crippen molar-refractivity contribution in [3.63, 3.8) is 0 Å². The summed E-state index contributed by atoms with van der Waals surface area (Å²) in [6.45, 7) is 3.70. The number of piperazine rings is 1. The van der Waals surface area contributed by atoms with Gasteiger partial charge in [0.05, 0.1) is 4.90 Å². The van der Waals surface area contributed by atoms with Gasteiger partial charge in [-0.3, -0.25) is 14.4 Å². The third-order valence-corrected chi connectivity index (χ3v) is 7.52. The first-order valence-electron chi connectivity index (χ1n) is 11.1. The number of nitrogens with zero attached hydrogens (tertiary/aromatic N) is 3. The SMILES string of the molecule is O=C1CC[C@@H](N2Cc3cc(N4CCNCC4)ccc3C2=O)C(=O)N1OS(=O)(=O)c1ccccc1. The van der Waals surface area contributed by atoms with Crippen molar-refractivity contribution >= 4 is 33.5 Å². The van der Waals surface area contributed by atoms with Crippen LogP contribution < -0.4 is 10.2 Å². The summed E-state index contributed by atoms with van der Waals surface area (Å²) >= 11 is 0. The number of hydroxylamine groups is 2. The van der Waals surface area contributed by atoms with E-state index < -0.39 is 28.0 Å². The average Bonchev–Trinajstić information content (AvgIpc) is 3.18. The second-order valence-corrected chi connectivity index (χ2v) is 9.96. The fourth-order valence-corrected chi connectivity index (χ4v) is 5.47. The molecule has 3 heterocycles. The number of hydrogen-bond donors (Lipinski definition) is 1. The third-order valence-electron chi connectivity index (χ3n) is 6.33. The molecule has 3 aliphatic heterocycles. The molecule has 0 aliphatic carbocycles. The fourth-order valence-electron chi connectivity index (χ4n) is 4.54. The van der Waals surface area contributed by atoms with E-state index >= 15 is 0 Å². The molecule has 0 spiro atoms. The number of rotatable bonds is 5. The van der Waals surface area contributed by atoms with Gasteiger partial charge in [0.25, 0.3) is 17.7 Å². The van der Waals surface area contributed by atoms with Gasteiger partial charge in [-0.2, -0.15) is 8.42 Å². The number of carbonyl (C=O) groups excluding carboxylic acids is 3. The number of anilines is 1. The van der Waals surface area contributed by atoms with Crippen molar-refractivity contribution < 1.29 is 27.1 Å². The van der Waals surface area contributed by atoms with Gasteiger partial charge >= 0.3 is 10.1 Å². The predicted molar refractivity (Wildman–Crippen MR) is 121 cm³/mol. The van der Waals surface area contributed by atoms with Gasteiger partial charge in [0.15, 0.2) is 0 Å². The third kappa shape index (κ3) is 4.06. The topological polar surface area (TPSA) is 116 Å². The van der Waals surface area contributed by atoms with Crippen LogP contribution in [0.15, 0.2) is 53.4 Å². The lowest BCUT2D eigenvalue weighted by Crippen LogP contribution is -2.54. The van der Waals surface area contributed by atoms with E-state index in [2.05, 4.69) is 10.2 Å². The fraction of sp³-hybridized carbons (Fsp3) is 0.348. The summed E-state index contributed by atoms with van der Waals surface area (Å²) in [4.78, 5) is 42.1. The van der Waals surface area contributed by atoms with E-state index in [-0.39, 0.29) is 30.2 Å². The minimum absolute atomic E-state index is 0.104. The van der Waals surface area contributed by atoms with E-state index in [9.17, 15) is 22.8 Å². The van der Waals surface area contributed by atoms with Crippen LogP contribution in [0.2, 0.25) is 0 Å². The molecule has 2 saturated heterocycles. The minimum Gasteiger partial charge on any atom is -0.369 e. The van der Waals surface area contributed by atoms with E-state index in [1.54, 1.807) is 12.1 Å². The number of carbonyl (C=O) groups is 3. The Bertz CT molecular complexity index is 1240. The molecule has 3 aliphatic rings. The number of hydrogen-bond acceptors (Lipinski definition) is 8. The largest absolute Gasteiger partial charge is 0.369 e. The summed E-state index contributed by atoms with van der Waals surface area (Å²) in [6, 6.07) is 11.9. The molecule has 5 rings (SSSR count). The van der Waals surface area contributed by atoms with Crippen LogP contribution in [-0.2, 0) is 30.5 Å². The van der Waals surface area contributed by atoms with Crippen molar-refractivity contribution in [3.8, 4) is 0 Å². The Hall–Kier alpha value is -3.28. The zero-order valence-corrected chi connectivity index (χ0v) is 19.2. The van der Waals surface area contributed by atoms with Crippen LogP contribution in [0.4, 0.5) is 5.69 Å². The van der Waals surface area contributed by atoms with Crippen LogP contribution in [0.5, 0.6) is 0 Å². The summed E-state index contributed by atoms with van der Waals surface area (Å²) in [5.74, 6) is -1.94. The molecule has 10 nitrogen and oxygen atoms in total. The first-order valence-corrected chi connectivity index (χ1v) is 12.5. The summed E-state index contributed by atoms with van der Waals surface area (Å²) in [6.07, 6.45) is -0.0137. The second kappa shape index (κ2) is 8.82. The van der Waals surface area contributed by atoms with Crippen molar-refractivity contribution in [2.24, 2.45) is 0 Å². The lowest BCUT2D eigenvalue weighted by atomic mass is 10.0. The lowest BCUT2D eigenvalue weighted by Gasteiger charge is -2.33. The summed E-state index contributed by atoms with van der Waals surface area (Å²) in [7, 11) is -4.39. The number of nitrogens with one attached hydrogen (secondary N) is 1. The standard InChI is InChI=1S/C23H24N4O6S/c28-21-9-8-20(23(30)27(21)33-34(31,32)18-4-2-1-3-5-18)26-15-16-14-17(6-7-19(16)22(26)29)25-12-10-24-11-13-25/h1-7,14,20,24H,8-13,15H2/t20-/m1/s1. The van der Waals surface area contributed by atoms with Crippen LogP contribution in [0.3, 0.4) is 0 Å². The van der Waals surface area contributed by atoms with Gasteiger partial charge in [0.2, 0.25) is 0 Å². The zero-order valence-electron chi connectivity index (χ0n) is 18.3. The molecule has 34 heavy (non-hydrogen) atoms. The van der Waals surface area contributed by atoms with E-state index in [1.165, 1.54) is 29.2 Å². The van der Waals surface area contributed by atoms with E-state index in [0.717, 1.165) is 37.4 Å². The first-order chi connectivity index (χ1) is 16.3. The molecule has 0 bridgehead atoms. The average molecular weight is 485 g/mol. The van der Waals surface area contributed by atoms with Gasteiger partial charge in [0.1, 0.15) is 6.04 Å². The number of amides is 3. The first kappa shape index (κ1) is 22.5. The normalized spacial score (nSPS) is 21.2. The Labute approximate surface area is 197 Å². The highest BCUT2D eigenvalue weighted by molar-refractivity contribution is 7.86. The Morgan fingerprint density at radius 2 is 1.71 bits per heavy atom. The van der Waals surface area contributed by atoms with Crippen molar-refractivity contribution in [3.05, 3.63) is 59.7 Å². The van der Waals surface area contributed by atoms with Crippen LogP contribution in [0.25, 0.3) is 0 Å². The Morgan fingerprint density at radius 1 is 0.971 bits per heavy atom. The minimum atomic E-state index is -4.39. The van der Waals surface area contributed by atoms with Gasteiger partial charge in [-0.1, -0.05) is 18.2 Å². The van der Waals surface area contributed by atoms with Gasteiger partial charge in [-0.15, -0.1) is 9.35 Å². The van der Waals surface area contributed by atoms with Crippen molar-refractivity contribution in [1.29, 1.82) is 0 Å². The zero-order chi connectivity index (χ0) is 23.9. The molecule has 0 saturated carbocycles. The van der Waals surface area contributed by atoms with Gasteiger partial charge in [-0.25, -0.2) is 0 Å². The number of piperidine rings is 1. The highest BCUT2D eigenvalue weighted by atomic mass is 32.2. The monoisotopic (exact) mass is 484 g/mol. The lowest BCUT2D eigenvalue weighted by molar-refractivity contribution is -0.179. The molecule has 0 aromatic heterocycles. The Morgan fingerprint density at radius 3 is 2.44 bits per heavy atom. The molecule has 11 heteroatoms. The molecule has 178 valence electrons. The van der Waals surface area contributed by atoms with Crippen LogP contribution in [0.1, 0.15) is 28.8 Å². The highest BCUT2D eigenvalue weighted by Crippen LogP contribution is 2.32. The smallest absolute Gasteiger partial charge is 0.318 e. The van der Waals surface area contributed by atoms with Gasteiger partial charge in [-0.05, 0) is 42.3 Å². The molecule has 2 fully saturated rings. The quantitative estimate of drug-likeness (QED) is 0.622. The Kier molecular flexibility index (Phi) is 5.84. The van der Waals surface area contributed by atoms with Crippen molar-refractivity contribution in [2.75, 3.05) is 31.1 Å². The summed E-state index contributed by atoms with van der Waals surface area (Å²) < 4.78 is 30.1. The number of fused-ring (bicyclic) bond motifs is 1. The van der Waals surface area contributed by atoms with Crippen LogP contribution in [-0.4, -0.2) is 68.3 Å². The second-order valence-electron chi connectivity index (χ2n) is 8.43. The summed E-state index contributed by atoms with van der Waals surface area (Å²) in [5.41, 5.74) is 2.32. The molecule has 3 amide bonds. The number of imide groups is 1.